The Hall–Kier alpha value is -3.48. The molecule has 148 valence electrons. The summed E-state index contributed by atoms with van der Waals surface area (Å²) in [5, 5.41) is 11.1. The fourth-order valence-corrected chi connectivity index (χ4v) is 3.61. The predicted molar refractivity (Wildman–Crippen MR) is 109 cm³/mol. The lowest BCUT2D eigenvalue weighted by molar-refractivity contribution is -0.124. The van der Waals surface area contributed by atoms with Crippen molar-refractivity contribution in [1.82, 2.24) is 25.2 Å². The van der Waals surface area contributed by atoms with E-state index < -0.39 is 6.04 Å². The Balaban J connectivity index is 1.61. The molecule has 1 aliphatic heterocycles. The van der Waals surface area contributed by atoms with Crippen LogP contribution in [0, 0.1) is 6.92 Å². The van der Waals surface area contributed by atoms with E-state index in [2.05, 4.69) is 15.6 Å². The minimum absolute atomic E-state index is 0.133. The number of nitrogens with zero attached hydrogens (tertiary/aromatic N) is 4. The lowest BCUT2D eigenvalue weighted by atomic mass is 10.0. The Morgan fingerprint density at radius 2 is 1.90 bits per heavy atom. The SMILES string of the molecule is Cc1ccccc1-n1cc(C(=O)N2CCCNC(=O)C2Cc2ccccc2)nn1. The molecule has 2 aromatic carbocycles. The Morgan fingerprint density at radius 1 is 1.14 bits per heavy atom. The van der Waals surface area contributed by atoms with Gasteiger partial charge in [0.1, 0.15) is 6.04 Å². The number of benzene rings is 2. The van der Waals surface area contributed by atoms with Crippen molar-refractivity contribution in [2.24, 2.45) is 0 Å². The number of carbonyl (C=O) groups excluding carboxylic acids is 2. The smallest absolute Gasteiger partial charge is 0.276 e. The highest BCUT2D eigenvalue weighted by Gasteiger charge is 2.33. The fraction of sp³-hybridized carbons (Fsp3) is 0.273. The van der Waals surface area contributed by atoms with Gasteiger partial charge in [-0.15, -0.1) is 5.10 Å². The number of aromatic nitrogens is 3. The van der Waals surface area contributed by atoms with Gasteiger partial charge in [0.15, 0.2) is 5.69 Å². The first-order valence-corrected chi connectivity index (χ1v) is 9.74. The van der Waals surface area contributed by atoms with Crippen molar-refractivity contribution in [2.45, 2.75) is 25.8 Å². The molecule has 2 amide bonds. The molecule has 4 rings (SSSR count). The van der Waals surface area contributed by atoms with Crippen LogP contribution < -0.4 is 5.32 Å². The molecule has 0 radical (unpaired) electrons. The van der Waals surface area contributed by atoms with Gasteiger partial charge in [-0.25, -0.2) is 4.68 Å². The number of aryl methyl sites for hydroxylation is 1. The summed E-state index contributed by atoms with van der Waals surface area (Å²) in [6, 6.07) is 16.9. The zero-order chi connectivity index (χ0) is 20.2. The molecule has 1 aromatic heterocycles. The summed E-state index contributed by atoms with van der Waals surface area (Å²) in [5.41, 5.74) is 3.15. The van der Waals surface area contributed by atoms with Gasteiger partial charge in [0, 0.05) is 19.5 Å². The van der Waals surface area contributed by atoms with Gasteiger partial charge < -0.3 is 10.2 Å². The number of para-hydroxylation sites is 1. The average Bonchev–Trinajstić information content (AvgIpc) is 3.16. The van der Waals surface area contributed by atoms with Crippen LogP contribution in [0.5, 0.6) is 0 Å². The van der Waals surface area contributed by atoms with E-state index in [-0.39, 0.29) is 17.5 Å². The molecule has 0 saturated carbocycles. The standard InChI is InChI=1S/C22H23N5O2/c1-16-8-5-6-11-19(16)27-15-18(24-25-27)22(29)26-13-7-12-23-21(28)20(26)14-17-9-3-2-4-10-17/h2-6,8-11,15,20H,7,12-14H2,1H3,(H,23,28). The van der Waals surface area contributed by atoms with Crippen LogP contribution in [0.1, 0.15) is 28.0 Å². The molecule has 3 aromatic rings. The monoisotopic (exact) mass is 389 g/mol. The lowest BCUT2D eigenvalue weighted by Crippen LogP contribution is -2.48. The maximum atomic E-state index is 13.3. The molecule has 1 atom stereocenters. The second-order valence-corrected chi connectivity index (χ2v) is 7.18. The van der Waals surface area contributed by atoms with E-state index in [1.807, 2.05) is 61.5 Å². The summed E-state index contributed by atoms with van der Waals surface area (Å²) in [4.78, 5) is 27.6. The maximum Gasteiger partial charge on any atom is 0.276 e. The normalized spacial score (nSPS) is 16.9. The molecule has 1 aliphatic rings. The first-order valence-electron chi connectivity index (χ1n) is 9.74. The van der Waals surface area contributed by atoms with Gasteiger partial charge in [0.05, 0.1) is 11.9 Å². The predicted octanol–water partition coefficient (Wildman–Crippen LogP) is 2.15. The number of nitrogens with one attached hydrogen (secondary N) is 1. The second-order valence-electron chi connectivity index (χ2n) is 7.18. The summed E-state index contributed by atoms with van der Waals surface area (Å²) in [6.45, 7) is 3.03. The Morgan fingerprint density at radius 3 is 2.69 bits per heavy atom. The summed E-state index contributed by atoms with van der Waals surface area (Å²) in [6.07, 6.45) is 2.80. The number of carbonyl (C=O) groups is 2. The van der Waals surface area contributed by atoms with Crippen LogP contribution in [-0.2, 0) is 11.2 Å². The third-order valence-corrected chi connectivity index (χ3v) is 5.16. The van der Waals surface area contributed by atoms with Crippen LogP contribution in [0.4, 0.5) is 0 Å². The van der Waals surface area contributed by atoms with Crippen LogP contribution in [0.2, 0.25) is 0 Å². The first kappa shape index (κ1) is 18.9. The fourth-order valence-electron chi connectivity index (χ4n) is 3.61. The van der Waals surface area contributed by atoms with Gasteiger partial charge in [-0.2, -0.15) is 0 Å². The zero-order valence-electron chi connectivity index (χ0n) is 16.3. The van der Waals surface area contributed by atoms with Crippen molar-refractivity contribution in [1.29, 1.82) is 0 Å². The molecular formula is C22H23N5O2. The Bertz CT molecular complexity index is 1010. The van der Waals surface area contributed by atoms with Crippen molar-refractivity contribution >= 4 is 11.8 Å². The van der Waals surface area contributed by atoms with Crippen molar-refractivity contribution in [3.63, 3.8) is 0 Å². The number of rotatable bonds is 4. The molecule has 29 heavy (non-hydrogen) atoms. The topological polar surface area (TPSA) is 80.1 Å². The average molecular weight is 389 g/mol. The molecule has 0 spiro atoms. The van der Waals surface area contributed by atoms with Crippen molar-refractivity contribution < 1.29 is 9.59 Å². The Kier molecular flexibility index (Phi) is 5.37. The molecule has 0 bridgehead atoms. The molecule has 7 nitrogen and oxygen atoms in total. The molecule has 1 unspecified atom stereocenters. The van der Waals surface area contributed by atoms with Crippen LogP contribution in [0.15, 0.2) is 60.8 Å². The molecular weight excluding hydrogens is 366 g/mol. The summed E-state index contributed by atoms with van der Waals surface area (Å²) in [5.74, 6) is -0.409. The highest BCUT2D eigenvalue weighted by molar-refractivity contribution is 5.96. The van der Waals surface area contributed by atoms with E-state index in [1.54, 1.807) is 15.8 Å². The van der Waals surface area contributed by atoms with E-state index in [0.29, 0.717) is 25.9 Å². The van der Waals surface area contributed by atoms with E-state index in [4.69, 9.17) is 0 Å². The van der Waals surface area contributed by atoms with Gasteiger partial charge in [0.2, 0.25) is 5.91 Å². The van der Waals surface area contributed by atoms with Crippen LogP contribution in [0.25, 0.3) is 5.69 Å². The maximum absolute atomic E-state index is 13.3. The summed E-state index contributed by atoms with van der Waals surface area (Å²) in [7, 11) is 0. The molecule has 1 N–H and O–H groups in total. The minimum Gasteiger partial charge on any atom is -0.354 e. The van der Waals surface area contributed by atoms with Crippen LogP contribution in [-0.4, -0.2) is 50.8 Å². The number of hydrogen-bond donors (Lipinski definition) is 1. The molecule has 0 aliphatic carbocycles. The van der Waals surface area contributed by atoms with Gasteiger partial charge >= 0.3 is 0 Å². The third kappa shape index (κ3) is 4.03. The van der Waals surface area contributed by atoms with Crippen molar-refractivity contribution in [3.05, 3.63) is 77.6 Å². The minimum atomic E-state index is -0.573. The first-order chi connectivity index (χ1) is 14.1. The highest BCUT2D eigenvalue weighted by Crippen LogP contribution is 2.17. The van der Waals surface area contributed by atoms with E-state index >= 15 is 0 Å². The lowest BCUT2D eigenvalue weighted by Gasteiger charge is -2.27. The van der Waals surface area contributed by atoms with Gasteiger partial charge in [0.25, 0.3) is 5.91 Å². The number of hydrogen-bond acceptors (Lipinski definition) is 4. The van der Waals surface area contributed by atoms with Gasteiger partial charge in [-0.3, -0.25) is 9.59 Å². The van der Waals surface area contributed by atoms with E-state index in [9.17, 15) is 9.59 Å². The van der Waals surface area contributed by atoms with E-state index in [1.165, 1.54) is 0 Å². The van der Waals surface area contributed by atoms with Gasteiger partial charge in [-0.1, -0.05) is 53.7 Å². The van der Waals surface area contributed by atoms with Crippen molar-refractivity contribution in [3.8, 4) is 5.69 Å². The molecule has 7 heteroatoms. The molecule has 1 fully saturated rings. The molecule has 2 heterocycles. The quantitative estimate of drug-likeness (QED) is 0.741. The zero-order valence-corrected chi connectivity index (χ0v) is 16.3. The van der Waals surface area contributed by atoms with E-state index in [0.717, 1.165) is 16.8 Å². The highest BCUT2D eigenvalue weighted by atomic mass is 16.2. The third-order valence-electron chi connectivity index (χ3n) is 5.16. The largest absolute Gasteiger partial charge is 0.354 e. The van der Waals surface area contributed by atoms with Gasteiger partial charge in [-0.05, 0) is 30.5 Å². The number of amides is 2. The van der Waals surface area contributed by atoms with Crippen LogP contribution in [0.3, 0.4) is 0 Å². The molecule has 1 saturated heterocycles. The summed E-state index contributed by atoms with van der Waals surface area (Å²) >= 11 is 0. The van der Waals surface area contributed by atoms with Crippen LogP contribution >= 0.6 is 0 Å². The second kappa shape index (κ2) is 8.26. The summed E-state index contributed by atoms with van der Waals surface area (Å²) < 4.78 is 1.60. The Labute approximate surface area is 169 Å². The van der Waals surface area contributed by atoms with Crippen molar-refractivity contribution in [2.75, 3.05) is 13.1 Å².